The predicted molar refractivity (Wildman–Crippen MR) is 126 cm³/mol. The Kier molecular flexibility index (Phi) is 12.5. The van der Waals surface area contributed by atoms with Gasteiger partial charge < -0.3 is 19.7 Å². The molecule has 0 aliphatic carbocycles. The number of aldehydes is 1. The van der Waals surface area contributed by atoms with E-state index in [1.54, 1.807) is 6.07 Å². The number of carbonyl (C=O) groups is 1. The molecule has 0 bridgehead atoms. The molecular weight excluding hydrogens is 408 g/mol. The quantitative estimate of drug-likeness (QED) is 0.329. The van der Waals surface area contributed by atoms with Crippen molar-refractivity contribution in [3.8, 4) is 11.5 Å². The van der Waals surface area contributed by atoms with E-state index in [0.717, 1.165) is 25.7 Å². The van der Waals surface area contributed by atoms with E-state index in [4.69, 9.17) is 9.47 Å². The fraction of sp³-hybridized carbons (Fsp3) is 0.692. The third-order valence-electron chi connectivity index (χ3n) is 6.44. The van der Waals surface area contributed by atoms with Crippen molar-refractivity contribution in [2.75, 3.05) is 7.11 Å². The highest BCUT2D eigenvalue weighted by Gasteiger charge is 2.53. The third kappa shape index (κ3) is 6.79. The number of carbonyl (C=O) groups excluding carboxylic acids is 2. The van der Waals surface area contributed by atoms with Crippen LogP contribution in [0.3, 0.4) is 0 Å². The summed E-state index contributed by atoms with van der Waals surface area (Å²) in [6.07, 6.45) is 6.50. The average Bonchev–Trinajstić information content (AvgIpc) is 2.83. The van der Waals surface area contributed by atoms with Crippen molar-refractivity contribution in [3.05, 3.63) is 23.8 Å². The molecule has 0 aliphatic rings. The van der Waals surface area contributed by atoms with Crippen molar-refractivity contribution >= 4 is 12.6 Å². The maximum Gasteiger partial charge on any atom is 0.251 e. The van der Waals surface area contributed by atoms with Crippen molar-refractivity contribution < 1.29 is 29.3 Å². The van der Waals surface area contributed by atoms with E-state index in [9.17, 15) is 19.8 Å². The minimum absolute atomic E-state index is 0.176. The Labute approximate surface area is 193 Å². The van der Waals surface area contributed by atoms with Crippen LogP contribution < -0.4 is 9.47 Å². The second-order valence-corrected chi connectivity index (χ2v) is 8.54. The first-order chi connectivity index (χ1) is 15.4. The van der Waals surface area contributed by atoms with Crippen LogP contribution in [-0.4, -0.2) is 47.7 Å². The second kappa shape index (κ2) is 14.3. The molecule has 0 fully saturated rings. The molecular formula is C26H41O6. The van der Waals surface area contributed by atoms with Gasteiger partial charge in [0.25, 0.3) is 6.29 Å². The molecule has 0 heterocycles. The van der Waals surface area contributed by atoms with Crippen LogP contribution in [0.25, 0.3) is 0 Å². The van der Waals surface area contributed by atoms with E-state index in [1.807, 2.05) is 20.1 Å². The summed E-state index contributed by atoms with van der Waals surface area (Å²) in [6.45, 7) is 8.06. The number of aliphatic hydroxyl groups is 2. The summed E-state index contributed by atoms with van der Waals surface area (Å²) >= 11 is 0. The van der Waals surface area contributed by atoms with E-state index < -0.39 is 17.8 Å². The molecule has 0 aromatic heterocycles. The lowest BCUT2D eigenvalue weighted by Crippen LogP contribution is -2.62. The molecule has 1 radical (unpaired) electrons. The van der Waals surface area contributed by atoms with Gasteiger partial charge in [-0.1, -0.05) is 66.2 Å². The Balaban J connectivity index is 3.52. The van der Waals surface area contributed by atoms with Crippen LogP contribution >= 0.6 is 0 Å². The molecule has 32 heavy (non-hydrogen) atoms. The van der Waals surface area contributed by atoms with Crippen molar-refractivity contribution in [2.24, 2.45) is 11.8 Å². The van der Waals surface area contributed by atoms with Gasteiger partial charge in [-0.25, -0.2) is 0 Å². The summed E-state index contributed by atoms with van der Waals surface area (Å²) in [5, 5.41) is 22.9. The minimum atomic E-state index is -1.97. The van der Waals surface area contributed by atoms with Crippen LogP contribution in [0, 0.1) is 11.8 Å². The Morgan fingerprint density at radius 1 is 0.969 bits per heavy atom. The second-order valence-electron chi connectivity index (χ2n) is 8.54. The first-order valence-corrected chi connectivity index (χ1v) is 12.0. The van der Waals surface area contributed by atoms with Gasteiger partial charge in [0, 0.05) is 5.56 Å². The summed E-state index contributed by atoms with van der Waals surface area (Å²) < 4.78 is 11.5. The maximum absolute atomic E-state index is 12.6. The van der Waals surface area contributed by atoms with Crippen LogP contribution in [0.4, 0.5) is 0 Å². The van der Waals surface area contributed by atoms with Crippen molar-refractivity contribution in [3.63, 3.8) is 0 Å². The van der Waals surface area contributed by atoms with Gasteiger partial charge in [0.2, 0.25) is 5.60 Å². The molecule has 1 aromatic carbocycles. The zero-order valence-corrected chi connectivity index (χ0v) is 20.3. The minimum Gasteiger partial charge on any atom is -0.493 e. The van der Waals surface area contributed by atoms with E-state index >= 15 is 0 Å². The molecule has 6 heteroatoms. The van der Waals surface area contributed by atoms with E-state index in [0.29, 0.717) is 37.5 Å². The predicted octanol–water partition coefficient (Wildman–Crippen LogP) is 4.89. The Morgan fingerprint density at radius 2 is 1.50 bits per heavy atom. The van der Waals surface area contributed by atoms with Crippen molar-refractivity contribution in [2.45, 2.75) is 96.9 Å². The van der Waals surface area contributed by atoms with E-state index in [1.165, 1.54) is 19.2 Å². The lowest BCUT2D eigenvalue weighted by Gasteiger charge is -2.42. The van der Waals surface area contributed by atoms with Crippen molar-refractivity contribution in [1.82, 2.24) is 0 Å². The molecule has 0 spiro atoms. The number of rotatable bonds is 17. The van der Waals surface area contributed by atoms with Gasteiger partial charge in [-0.05, 0) is 42.9 Å². The molecule has 0 saturated heterocycles. The van der Waals surface area contributed by atoms with Crippen LogP contribution in [-0.2, 0) is 4.79 Å². The highest BCUT2D eigenvalue weighted by atomic mass is 16.6. The molecule has 1 aromatic rings. The SMILES string of the molecule is CCCCC(CC)C(O)C([C]=O)(Oc1ccc(C=O)cc1OC)C(O)C(CC)CCCC. The Morgan fingerprint density at radius 3 is 1.88 bits per heavy atom. The third-order valence-corrected chi connectivity index (χ3v) is 6.44. The molecule has 1 rings (SSSR count). The largest absolute Gasteiger partial charge is 0.493 e. The molecule has 0 amide bonds. The van der Waals surface area contributed by atoms with Gasteiger partial charge in [-0.3, -0.25) is 9.59 Å². The molecule has 4 atom stereocenters. The van der Waals surface area contributed by atoms with Crippen LogP contribution in [0.1, 0.15) is 89.4 Å². The number of hydrogen-bond donors (Lipinski definition) is 2. The smallest absolute Gasteiger partial charge is 0.251 e. The lowest BCUT2D eigenvalue weighted by atomic mass is 9.74. The standard InChI is InChI=1S/C26H41O6/c1-6-10-12-20(8-3)24(29)26(18-28,25(30)21(9-4)13-11-7-2)32-22-15-14-19(17-27)16-23(22)31-5/h14-17,20-21,24-25,29-30H,6-13H2,1-5H3. The number of aliphatic hydroxyl groups excluding tert-OH is 2. The maximum atomic E-state index is 12.6. The molecule has 4 unspecified atom stereocenters. The van der Waals surface area contributed by atoms with Gasteiger partial charge in [0.05, 0.1) is 7.11 Å². The monoisotopic (exact) mass is 449 g/mol. The highest BCUT2D eigenvalue weighted by Crippen LogP contribution is 2.39. The average molecular weight is 450 g/mol. The number of ether oxygens (including phenoxy) is 2. The van der Waals surface area contributed by atoms with Crippen LogP contribution in [0.2, 0.25) is 0 Å². The fourth-order valence-electron chi connectivity index (χ4n) is 4.26. The molecule has 2 N–H and O–H groups in total. The summed E-state index contributed by atoms with van der Waals surface area (Å²) in [6, 6.07) is 4.56. The highest BCUT2D eigenvalue weighted by molar-refractivity contribution is 5.76. The van der Waals surface area contributed by atoms with Crippen LogP contribution in [0.15, 0.2) is 18.2 Å². The van der Waals surface area contributed by atoms with E-state index in [2.05, 4.69) is 13.8 Å². The molecule has 0 saturated carbocycles. The van der Waals surface area contributed by atoms with Crippen LogP contribution in [0.5, 0.6) is 11.5 Å². The van der Waals surface area contributed by atoms with Gasteiger partial charge >= 0.3 is 0 Å². The topological polar surface area (TPSA) is 93.1 Å². The van der Waals surface area contributed by atoms with Crippen molar-refractivity contribution in [1.29, 1.82) is 0 Å². The summed E-state index contributed by atoms with van der Waals surface area (Å²) in [5.41, 5.74) is -1.58. The normalized spacial score (nSPS) is 17.0. The number of hydrogen-bond acceptors (Lipinski definition) is 6. The van der Waals surface area contributed by atoms with Gasteiger partial charge in [0.1, 0.15) is 18.5 Å². The summed E-state index contributed by atoms with van der Waals surface area (Å²) in [7, 11) is 1.43. The number of methoxy groups -OCH3 is 1. The first kappa shape index (κ1) is 28.1. The first-order valence-electron chi connectivity index (χ1n) is 12.0. The van der Waals surface area contributed by atoms with Gasteiger partial charge in [-0.15, -0.1) is 0 Å². The fourth-order valence-corrected chi connectivity index (χ4v) is 4.26. The van der Waals surface area contributed by atoms with Gasteiger partial charge in [-0.2, -0.15) is 0 Å². The summed E-state index contributed by atoms with van der Waals surface area (Å²) in [5.74, 6) is -0.0583. The van der Waals surface area contributed by atoms with Gasteiger partial charge in [0.15, 0.2) is 11.5 Å². The lowest BCUT2D eigenvalue weighted by molar-refractivity contribution is -0.126. The Bertz CT molecular complexity index is 667. The number of benzene rings is 1. The zero-order chi connectivity index (χ0) is 24.1. The van der Waals surface area contributed by atoms with E-state index in [-0.39, 0.29) is 23.3 Å². The molecule has 181 valence electrons. The molecule has 0 aliphatic heterocycles. The summed E-state index contributed by atoms with van der Waals surface area (Å²) in [4.78, 5) is 23.7. The number of unbranched alkanes of at least 4 members (excludes halogenated alkanes) is 2. The Hall–Kier alpha value is -1.92. The zero-order valence-electron chi connectivity index (χ0n) is 20.3. The molecule has 6 nitrogen and oxygen atoms in total.